The molecule has 31 heavy (non-hydrogen) atoms. The quantitative estimate of drug-likeness (QED) is 0.782. The van der Waals surface area contributed by atoms with Crippen molar-refractivity contribution in [3.05, 3.63) is 54.6 Å². The van der Waals surface area contributed by atoms with Crippen molar-refractivity contribution in [1.82, 2.24) is 9.21 Å². The van der Waals surface area contributed by atoms with Crippen LogP contribution in [0.1, 0.15) is 12.8 Å². The van der Waals surface area contributed by atoms with Crippen LogP contribution in [-0.2, 0) is 14.8 Å². The van der Waals surface area contributed by atoms with E-state index in [0.717, 1.165) is 5.69 Å². The maximum atomic E-state index is 13.5. The summed E-state index contributed by atoms with van der Waals surface area (Å²) in [5.41, 5.74) is 0.723. The average molecular weight is 446 g/mol. The molecule has 1 saturated heterocycles. The smallest absolute Gasteiger partial charge is 0.321 e. The van der Waals surface area contributed by atoms with Gasteiger partial charge in [0.1, 0.15) is 16.7 Å². The fourth-order valence-corrected chi connectivity index (χ4v) is 5.94. The Morgan fingerprint density at radius 3 is 2.58 bits per heavy atom. The zero-order valence-electron chi connectivity index (χ0n) is 17.4. The van der Waals surface area contributed by atoms with E-state index in [-0.39, 0.29) is 36.2 Å². The van der Waals surface area contributed by atoms with Crippen LogP contribution >= 0.6 is 0 Å². The summed E-state index contributed by atoms with van der Waals surface area (Å²) in [7, 11) is -2.20. The number of para-hydroxylation sites is 2. The van der Waals surface area contributed by atoms with E-state index in [1.54, 1.807) is 36.3 Å². The Hall–Kier alpha value is -2.62. The van der Waals surface area contributed by atoms with Gasteiger partial charge in [-0.1, -0.05) is 30.3 Å². The molecule has 0 aliphatic carbocycles. The molecule has 2 aliphatic rings. The van der Waals surface area contributed by atoms with E-state index in [1.807, 2.05) is 30.3 Å². The molecule has 9 heteroatoms. The van der Waals surface area contributed by atoms with Gasteiger partial charge in [-0.15, -0.1) is 0 Å². The third-order valence-corrected chi connectivity index (χ3v) is 7.68. The van der Waals surface area contributed by atoms with Gasteiger partial charge in [0.15, 0.2) is 0 Å². The van der Waals surface area contributed by atoms with E-state index >= 15 is 0 Å². The number of carbonyl (C=O) groups excluding carboxylic acids is 1. The average Bonchev–Trinajstić information content (AvgIpc) is 3.02. The molecule has 2 aromatic rings. The van der Waals surface area contributed by atoms with Crippen LogP contribution in [0, 0.1) is 0 Å². The molecule has 0 saturated carbocycles. The van der Waals surface area contributed by atoms with E-state index in [9.17, 15) is 13.2 Å². The standard InChI is InChI=1S/C22H27N3O5S/c1-29-16-15-25-18-11-13-24(22(26)23-17-7-3-2-4-8-17)14-12-19(18)30-20-9-5-6-10-21(20)31(25,27)28/h2-10,18-19H,11-16H2,1H3,(H,23,26)/t18-,19-/m1/s1. The molecule has 4 rings (SSSR count). The monoisotopic (exact) mass is 445 g/mol. The Morgan fingerprint density at radius 1 is 1.10 bits per heavy atom. The Bertz CT molecular complexity index is 1010. The highest BCUT2D eigenvalue weighted by Gasteiger charge is 2.43. The summed E-state index contributed by atoms with van der Waals surface area (Å²) in [6, 6.07) is 15.4. The lowest BCUT2D eigenvalue weighted by molar-refractivity contribution is 0.0958. The minimum absolute atomic E-state index is 0.179. The minimum atomic E-state index is -3.76. The minimum Gasteiger partial charge on any atom is -0.487 e. The summed E-state index contributed by atoms with van der Waals surface area (Å²) in [6.45, 7) is 1.41. The molecule has 2 aliphatic heterocycles. The first kappa shape index (κ1) is 21.6. The van der Waals surface area contributed by atoms with Crippen LogP contribution < -0.4 is 10.1 Å². The number of nitrogens with zero attached hydrogens (tertiary/aromatic N) is 2. The summed E-state index contributed by atoms with van der Waals surface area (Å²) in [5.74, 6) is 0.361. The number of rotatable bonds is 4. The number of methoxy groups -OCH3 is 1. The highest BCUT2D eigenvalue weighted by Crippen LogP contribution is 2.36. The van der Waals surface area contributed by atoms with Gasteiger partial charge in [0, 0.05) is 38.9 Å². The van der Waals surface area contributed by atoms with Gasteiger partial charge < -0.3 is 19.7 Å². The van der Waals surface area contributed by atoms with Crippen LogP contribution in [0.5, 0.6) is 5.75 Å². The molecule has 2 aromatic carbocycles. The normalized spacial score (nSPS) is 22.9. The lowest BCUT2D eigenvalue weighted by Crippen LogP contribution is -2.48. The third-order valence-electron chi connectivity index (χ3n) is 5.72. The molecule has 2 heterocycles. The van der Waals surface area contributed by atoms with Crippen molar-refractivity contribution in [3.63, 3.8) is 0 Å². The number of ether oxygens (including phenoxy) is 2. The SMILES string of the molecule is COCCN1[C@@H]2CCN(C(=O)Nc3ccccc3)CC[C@H]2Oc2ccccc2S1(=O)=O. The number of hydrogen-bond acceptors (Lipinski definition) is 5. The highest BCUT2D eigenvalue weighted by molar-refractivity contribution is 7.89. The molecule has 0 unspecified atom stereocenters. The van der Waals surface area contributed by atoms with E-state index in [1.165, 1.54) is 4.31 Å². The molecule has 0 radical (unpaired) electrons. The molecule has 1 N–H and O–H groups in total. The Morgan fingerprint density at radius 2 is 1.81 bits per heavy atom. The molecular weight excluding hydrogens is 418 g/mol. The van der Waals surface area contributed by atoms with Crippen molar-refractivity contribution in [3.8, 4) is 5.75 Å². The van der Waals surface area contributed by atoms with Crippen molar-refractivity contribution in [1.29, 1.82) is 0 Å². The van der Waals surface area contributed by atoms with Crippen molar-refractivity contribution in [2.24, 2.45) is 0 Å². The number of carbonyl (C=O) groups is 1. The predicted octanol–water partition coefficient (Wildman–Crippen LogP) is 2.78. The number of amides is 2. The molecule has 8 nitrogen and oxygen atoms in total. The number of hydrogen-bond donors (Lipinski definition) is 1. The second-order valence-electron chi connectivity index (χ2n) is 7.64. The summed E-state index contributed by atoms with van der Waals surface area (Å²) >= 11 is 0. The zero-order chi connectivity index (χ0) is 21.8. The van der Waals surface area contributed by atoms with Gasteiger partial charge in [-0.3, -0.25) is 0 Å². The van der Waals surface area contributed by atoms with Crippen molar-refractivity contribution in [2.45, 2.75) is 29.9 Å². The molecule has 2 amide bonds. The molecule has 0 spiro atoms. The molecule has 0 bridgehead atoms. The van der Waals surface area contributed by atoms with Gasteiger partial charge in [-0.25, -0.2) is 13.2 Å². The second kappa shape index (κ2) is 9.25. The van der Waals surface area contributed by atoms with Crippen LogP contribution in [0.15, 0.2) is 59.5 Å². The first-order valence-electron chi connectivity index (χ1n) is 10.4. The molecule has 166 valence electrons. The number of anilines is 1. The van der Waals surface area contributed by atoms with Crippen molar-refractivity contribution >= 4 is 21.7 Å². The fourth-order valence-electron chi connectivity index (χ4n) is 4.15. The Balaban J connectivity index is 1.58. The Labute approximate surface area is 182 Å². The number of benzene rings is 2. The third kappa shape index (κ3) is 4.53. The van der Waals surface area contributed by atoms with E-state index < -0.39 is 10.0 Å². The summed E-state index contributed by atoms with van der Waals surface area (Å²) in [4.78, 5) is 14.7. The van der Waals surface area contributed by atoms with Gasteiger partial charge in [-0.2, -0.15) is 4.31 Å². The van der Waals surface area contributed by atoms with E-state index in [4.69, 9.17) is 9.47 Å². The van der Waals surface area contributed by atoms with Crippen molar-refractivity contribution in [2.75, 3.05) is 38.7 Å². The van der Waals surface area contributed by atoms with Crippen molar-refractivity contribution < 1.29 is 22.7 Å². The van der Waals surface area contributed by atoms with Gasteiger partial charge in [0.25, 0.3) is 0 Å². The van der Waals surface area contributed by atoms with Crippen LogP contribution in [0.4, 0.5) is 10.5 Å². The number of likely N-dealkylation sites (tertiary alicyclic amines) is 1. The lowest BCUT2D eigenvalue weighted by Gasteiger charge is -2.31. The second-order valence-corrected chi connectivity index (χ2v) is 9.50. The van der Waals surface area contributed by atoms with E-state index in [0.29, 0.717) is 31.7 Å². The number of fused-ring (bicyclic) bond motifs is 2. The predicted molar refractivity (Wildman–Crippen MR) is 117 cm³/mol. The van der Waals surface area contributed by atoms with Crippen LogP contribution in [-0.4, -0.2) is 69.2 Å². The van der Waals surface area contributed by atoms with Gasteiger partial charge in [0.05, 0.1) is 12.6 Å². The summed E-state index contributed by atoms with van der Waals surface area (Å²) in [6.07, 6.45) is 0.647. The Kier molecular flexibility index (Phi) is 6.45. The zero-order valence-corrected chi connectivity index (χ0v) is 18.3. The van der Waals surface area contributed by atoms with E-state index in [2.05, 4.69) is 5.32 Å². The maximum Gasteiger partial charge on any atom is 0.321 e. The van der Waals surface area contributed by atoms with Gasteiger partial charge in [-0.05, 0) is 30.7 Å². The largest absolute Gasteiger partial charge is 0.487 e. The lowest BCUT2D eigenvalue weighted by atomic mass is 10.1. The molecular formula is C22H27N3O5S. The number of urea groups is 1. The summed E-state index contributed by atoms with van der Waals surface area (Å²) < 4.78 is 39.8. The first-order chi connectivity index (χ1) is 15.0. The first-order valence-corrected chi connectivity index (χ1v) is 11.8. The number of sulfonamides is 1. The van der Waals surface area contributed by atoms with Gasteiger partial charge in [0.2, 0.25) is 10.0 Å². The fraction of sp³-hybridized carbons (Fsp3) is 0.409. The topological polar surface area (TPSA) is 88.2 Å². The molecule has 1 fully saturated rings. The summed E-state index contributed by atoms with van der Waals surface area (Å²) in [5, 5.41) is 2.90. The molecule has 2 atom stereocenters. The maximum absolute atomic E-state index is 13.5. The molecule has 0 aromatic heterocycles. The highest BCUT2D eigenvalue weighted by atomic mass is 32.2. The van der Waals surface area contributed by atoms with Crippen LogP contribution in [0.2, 0.25) is 0 Å². The van der Waals surface area contributed by atoms with Crippen LogP contribution in [0.25, 0.3) is 0 Å². The number of nitrogens with one attached hydrogen (secondary N) is 1. The van der Waals surface area contributed by atoms with Gasteiger partial charge >= 0.3 is 6.03 Å². The van der Waals surface area contributed by atoms with Crippen LogP contribution in [0.3, 0.4) is 0 Å².